The van der Waals surface area contributed by atoms with E-state index in [4.69, 9.17) is 14.0 Å². The van der Waals surface area contributed by atoms with Gasteiger partial charge in [-0.05, 0) is 30.5 Å². The number of likely N-dealkylation sites (N-methyl/N-ethyl adjacent to an activating group) is 1. The number of benzene rings is 1. The van der Waals surface area contributed by atoms with Crippen molar-refractivity contribution in [3.63, 3.8) is 0 Å². The number of hydrogen-bond acceptors (Lipinski definition) is 7. The summed E-state index contributed by atoms with van der Waals surface area (Å²) in [6, 6.07) is 11.0. The van der Waals surface area contributed by atoms with Crippen molar-refractivity contribution >= 4 is 17.2 Å². The van der Waals surface area contributed by atoms with Crippen LogP contribution in [0.2, 0.25) is 0 Å². The van der Waals surface area contributed by atoms with E-state index in [9.17, 15) is 4.79 Å². The van der Waals surface area contributed by atoms with Gasteiger partial charge in [-0.2, -0.15) is 4.98 Å². The van der Waals surface area contributed by atoms with Crippen LogP contribution in [-0.2, 0) is 11.3 Å². The highest BCUT2D eigenvalue weighted by molar-refractivity contribution is 7.13. The summed E-state index contributed by atoms with van der Waals surface area (Å²) >= 11 is 1.53. The van der Waals surface area contributed by atoms with E-state index in [1.54, 1.807) is 39.3 Å². The molecule has 1 amide bonds. The number of methoxy groups -OCH3 is 1. The molecule has 3 rings (SSSR count). The Morgan fingerprint density at radius 1 is 1.31 bits per heavy atom. The first kappa shape index (κ1) is 17.9. The molecule has 7 nitrogen and oxygen atoms in total. The zero-order valence-corrected chi connectivity index (χ0v) is 15.5. The van der Waals surface area contributed by atoms with Crippen molar-refractivity contribution in [3.8, 4) is 22.2 Å². The van der Waals surface area contributed by atoms with Crippen LogP contribution in [0.25, 0.3) is 10.7 Å². The summed E-state index contributed by atoms with van der Waals surface area (Å²) < 4.78 is 16.1. The van der Waals surface area contributed by atoms with Crippen molar-refractivity contribution in [2.45, 2.75) is 19.6 Å². The van der Waals surface area contributed by atoms with Crippen LogP contribution in [0.5, 0.6) is 11.5 Å². The molecule has 8 heteroatoms. The average Bonchev–Trinajstić information content (AvgIpc) is 3.32. The van der Waals surface area contributed by atoms with Crippen molar-refractivity contribution < 1.29 is 18.8 Å². The predicted molar refractivity (Wildman–Crippen MR) is 97.2 cm³/mol. The summed E-state index contributed by atoms with van der Waals surface area (Å²) in [4.78, 5) is 19.3. The SMILES string of the molecule is COc1cccc(O[C@@H](C)C(=O)N(C)Cc2nc(-c3cccs3)no2)c1. The average molecular weight is 373 g/mol. The van der Waals surface area contributed by atoms with Gasteiger partial charge in [-0.15, -0.1) is 11.3 Å². The van der Waals surface area contributed by atoms with Crippen LogP contribution in [0.4, 0.5) is 0 Å². The summed E-state index contributed by atoms with van der Waals surface area (Å²) in [7, 11) is 3.25. The molecule has 0 radical (unpaired) electrons. The van der Waals surface area contributed by atoms with Crippen molar-refractivity contribution in [1.82, 2.24) is 15.0 Å². The summed E-state index contributed by atoms with van der Waals surface area (Å²) in [5.74, 6) is 1.94. The lowest BCUT2D eigenvalue weighted by molar-refractivity contribution is -0.137. The fourth-order valence-electron chi connectivity index (χ4n) is 2.35. The minimum Gasteiger partial charge on any atom is -0.497 e. The number of hydrogen-bond donors (Lipinski definition) is 0. The number of thiophene rings is 1. The molecule has 0 aliphatic heterocycles. The second-order valence-corrected chi connectivity index (χ2v) is 6.57. The first-order valence-corrected chi connectivity index (χ1v) is 8.87. The number of nitrogens with zero attached hydrogens (tertiary/aromatic N) is 3. The highest BCUT2D eigenvalue weighted by Crippen LogP contribution is 2.22. The maximum atomic E-state index is 12.5. The Hall–Kier alpha value is -2.87. The molecule has 1 aromatic carbocycles. The summed E-state index contributed by atoms with van der Waals surface area (Å²) in [6.07, 6.45) is -0.660. The Labute approximate surface area is 155 Å². The molecule has 0 saturated heterocycles. The summed E-state index contributed by atoms with van der Waals surface area (Å²) in [5.41, 5.74) is 0. The third-order valence-electron chi connectivity index (χ3n) is 3.66. The molecule has 26 heavy (non-hydrogen) atoms. The molecule has 2 heterocycles. The Kier molecular flexibility index (Phi) is 5.52. The highest BCUT2D eigenvalue weighted by atomic mass is 32.1. The lowest BCUT2D eigenvalue weighted by atomic mass is 10.3. The summed E-state index contributed by atoms with van der Waals surface area (Å²) in [5, 5.41) is 5.89. The molecular weight excluding hydrogens is 354 g/mol. The molecule has 2 aromatic heterocycles. The van der Waals surface area contributed by atoms with E-state index in [0.717, 1.165) is 4.88 Å². The van der Waals surface area contributed by atoms with Crippen molar-refractivity contribution in [2.75, 3.05) is 14.2 Å². The molecule has 136 valence electrons. The third kappa shape index (κ3) is 4.20. The lowest BCUT2D eigenvalue weighted by Gasteiger charge is -2.20. The van der Waals surface area contributed by atoms with Crippen LogP contribution in [-0.4, -0.2) is 41.2 Å². The molecule has 0 unspecified atom stereocenters. The van der Waals surface area contributed by atoms with Crippen LogP contribution in [0.15, 0.2) is 46.3 Å². The van der Waals surface area contributed by atoms with Gasteiger partial charge in [0.15, 0.2) is 6.10 Å². The van der Waals surface area contributed by atoms with Gasteiger partial charge >= 0.3 is 0 Å². The van der Waals surface area contributed by atoms with E-state index in [2.05, 4.69) is 10.1 Å². The largest absolute Gasteiger partial charge is 0.497 e. The van der Waals surface area contributed by atoms with E-state index < -0.39 is 6.10 Å². The van der Waals surface area contributed by atoms with E-state index >= 15 is 0 Å². The Bertz CT molecular complexity index is 863. The number of amides is 1. The maximum absolute atomic E-state index is 12.5. The zero-order chi connectivity index (χ0) is 18.5. The smallest absolute Gasteiger partial charge is 0.263 e. The maximum Gasteiger partial charge on any atom is 0.263 e. The quantitative estimate of drug-likeness (QED) is 0.633. The van der Waals surface area contributed by atoms with Gasteiger partial charge < -0.3 is 18.9 Å². The topological polar surface area (TPSA) is 77.7 Å². The van der Waals surface area contributed by atoms with Crippen LogP contribution in [0.1, 0.15) is 12.8 Å². The number of carbonyl (C=O) groups excluding carboxylic acids is 1. The van der Waals surface area contributed by atoms with Crippen molar-refractivity contribution in [2.24, 2.45) is 0 Å². The fourth-order valence-corrected chi connectivity index (χ4v) is 2.99. The van der Waals surface area contributed by atoms with Gasteiger partial charge in [-0.25, -0.2) is 0 Å². The minimum absolute atomic E-state index is 0.191. The first-order valence-electron chi connectivity index (χ1n) is 7.99. The van der Waals surface area contributed by atoms with Crippen LogP contribution < -0.4 is 9.47 Å². The van der Waals surface area contributed by atoms with Gasteiger partial charge in [-0.3, -0.25) is 4.79 Å². The normalized spacial score (nSPS) is 11.8. The molecule has 0 aliphatic rings. The molecule has 0 saturated carbocycles. The van der Waals surface area contributed by atoms with E-state index in [-0.39, 0.29) is 12.5 Å². The Balaban J connectivity index is 1.60. The van der Waals surface area contributed by atoms with Gasteiger partial charge in [0, 0.05) is 13.1 Å². The Morgan fingerprint density at radius 2 is 2.12 bits per heavy atom. The number of ether oxygens (including phenoxy) is 2. The number of carbonyl (C=O) groups is 1. The molecule has 0 N–H and O–H groups in total. The van der Waals surface area contributed by atoms with E-state index in [1.165, 1.54) is 16.2 Å². The fraction of sp³-hybridized carbons (Fsp3) is 0.278. The van der Waals surface area contributed by atoms with Gasteiger partial charge in [0.25, 0.3) is 5.91 Å². The molecule has 0 spiro atoms. The lowest BCUT2D eigenvalue weighted by Crippen LogP contribution is -2.37. The third-order valence-corrected chi connectivity index (χ3v) is 4.53. The minimum atomic E-state index is -0.660. The van der Waals surface area contributed by atoms with E-state index in [0.29, 0.717) is 23.2 Å². The summed E-state index contributed by atoms with van der Waals surface area (Å²) in [6.45, 7) is 1.91. The second kappa shape index (κ2) is 8.01. The first-order chi connectivity index (χ1) is 12.6. The molecule has 0 fully saturated rings. The zero-order valence-electron chi connectivity index (χ0n) is 14.7. The van der Waals surface area contributed by atoms with Crippen molar-refractivity contribution in [3.05, 3.63) is 47.7 Å². The van der Waals surface area contributed by atoms with Crippen LogP contribution in [0, 0.1) is 0 Å². The molecular formula is C18H19N3O4S. The molecule has 3 aromatic rings. The molecule has 0 aliphatic carbocycles. The molecule has 0 bridgehead atoms. The van der Waals surface area contributed by atoms with E-state index in [1.807, 2.05) is 23.6 Å². The standard InChI is InChI=1S/C18H19N3O4S/c1-12(24-14-7-4-6-13(10-14)23-3)18(22)21(2)11-16-19-17(20-25-16)15-8-5-9-26-15/h4-10,12H,11H2,1-3H3/t12-/m0/s1. The van der Waals surface area contributed by atoms with Crippen LogP contribution >= 0.6 is 11.3 Å². The van der Waals surface area contributed by atoms with Crippen LogP contribution in [0.3, 0.4) is 0 Å². The highest BCUT2D eigenvalue weighted by Gasteiger charge is 2.21. The van der Waals surface area contributed by atoms with Gasteiger partial charge in [-0.1, -0.05) is 17.3 Å². The number of rotatable bonds is 7. The monoisotopic (exact) mass is 373 g/mol. The Morgan fingerprint density at radius 3 is 2.85 bits per heavy atom. The van der Waals surface area contributed by atoms with Gasteiger partial charge in [0.1, 0.15) is 11.5 Å². The van der Waals surface area contributed by atoms with Gasteiger partial charge in [0.05, 0.1) is 18.5 Å². The predicted octanol–water partition coefficient (Wildman–Crippen LogP) is 3.23. The van der Waals surface area contributed by atoms with Crippen molar-refractivity contribution in [1.29, 1.82) is 0 Å². The number of aromatic nitrogens is 2. The molecule has 1 atom stereocenters. The second-order valence-electron chi connectivity index (χ2n) is 5.62. The van der Waals surface area contributed by atoms with Gasteiger partial charge in [0.2, 0.25) is 11.7 Å².